The minimum Gasteiger partial charge on any atom is -0.493 e. The topological polar surface area (TPSA) is 57.7 Å². The maximum Gasteiger partial charge on any atom is 0.357 e. The van der Waals surface area contributed by atoms with Crippen molar-refractivity contribution in [1.29, 1.82) is 0 Å². The molecule has 0 fully saturated rings. The number of methoxy groups -OCH3 is 3. The Bertz CT molecular complexity index is 1220. The summed E-state index contributed by atoms with van der Waals surface area (Å²) < 4.78 is 15.9. The van der Waals surface area contributed by atoms with Crippen LogP contribution in [0.1, 0.15) is 10.5 Å². The molecule has 150 valence electrons. The number of carbonyl (C=O) groups is 1. The van der Waals surface area contributed by atoms with E-state index in [0.717, 1.165) is 27.5 Å². The fourth-order valence-electron chi connectivity index (χ4n) is 3.61. The fourth-order valence-corrected chi connectivity index (χ4v) is 3.61. The van der Waals surface area contributed by atoms with Gasteiger partial charge in [0.25, 0.3) is 0 Å². The van der Waals surface area contributed by atoms with E-state index in [0.29, 0.717) is 17.2 Å². The molecule has 0 saturated heterocycles. The molecule has 0 atom stereocenters. The number of fused-ring (bicyclic) bond motifs is 1. The highest BCUT2D eigenvalue weighted by atomic mass is 16.5. The SMILES string of the molecule is COC(=O)c1nc(-c2ccc(OC)c(OC)c2)c2ccccc2c1-c1ccccc1. The zero-order valence-corrected chi connectivity index (χ0v) is 17.0. The molecule has 0 unspecified atom stereocenters. The van der Waals surface area contributed by atoms with E-state index < -0.39 is 5.97 Å². The number of aromatic nitrogens is 1. The van der Waals surface area contributed by atoms with Crippen LogP contribution in [0, 0.1) is 0 Å². The van der Waals surface area contributed by atoms with Gasteiger partial charge in [-0.05, 0) is 29.1 Å². The summed E-state index contributed by atoms with van der Waals surface area (Å²) in [7, 11) is 4.55. The Balaban J connectivity index is 2.07. The largest absolute Gasteiger partial charge is 0.493 e. The van der Waals surface area contributed by atoms with Crippen molar-refractivity contribution in [3.05, 3.63) is 78.5 Å². The van der Waals surface area contributed by atoms with Crippen LogP contribution in [-0.4, -0.2) is 32.3 Å². The summed E-state index contributed by atoms with van der Waals surface area (Å²) in [5, 5.41) is 1.85. The molecule has 0 aliphatic heterocycles. The van der Waals surface area contributed by atoms with Gasteiger partial charge in [-0.1, -0.05) is 54.6 Å². The number of ether oxygens (including phenoxy) is 3. The van der Waals surface area contributed by atoms with Crippen molar-refractivity contribution in [3.63, 3.8) is 0 Å². The monoisotopic (exact) mass is 399 g/mol. The van der Waals surface area contributed by atoms with E-state index >= 15 is 0 Å². The van der Waals surface area contributed by atoms with Crippen molar-refractivity contribution < 1.29 is 19.0 Å². The van der Waals surface area contributed by atoms with Gasteiger partial charge in [-0.25, -0.2) is 9.78 Å². The van der Waals surface area contributed by atoms with Crippen molar-refractivity contribution >= 4 is 16.7 Å². The zero-order chi connectivity index (χ0) is 21.1. The van der Waals surface area contributed by atoms with E-state index in [4.69, 9.17) is 19.2 Å². The molecule has 0 spiro atoms. The van der Waals surface area contributed by atoms with Gasteiger partial charge in [0.2, 0.25) is 0 Å². The molecule has 1 heterocycles. The Kier molecular flexibility index (Phi) is 5.35. The van der Waals surface area contributed by atoms with E-state index in [1.165, 1.54) is 7.11 Å². The highest BCUT2D eigenvalue weighted by Crippen LogP contribution is 2.39. The lowest BCUT2D eigenvalue weighted by Crippen LogP contribution is -2.08. The maximum absolute atomic E-state index is 12.7. The van der Waals surface area contributed by atoms with Crippen LogP contribution < -0.4 is 9.47 Å². The second-order valence-corrected chi connectivity index (χ2v) is 6.66. The molecule has 1 aromatic heterocycles. The Labute approximate surface area is 174 Å². The van der Waals surface area contributed by atoms with Gasteiger partial charge in [0, 0.05) is 16.5 Å². The van der Waals surface area contributed by atoms with E-state index in [2.05, 4.69) is 0 Å². The highest BCUT2D eigenvalue weighted by Gasteiger charge is 2.22. The van der Waals surface area contributed by atoms with Crippen LogP contribution >= 0.6 is 0 Å². The van der Waals surface area contributed by atoms with Crippen LogP contribution in [0.4, 0.5) is 0 Å². The maximum atomic E-state index is 12.7. The molecule has 0 saturated carbocycles. The molecule has 0 aliphatic rings. The minimum atomic E-state index is -0.485. The quantitative estimate of drug-likeness (QED) is 0.422. The number of carbonyl (C=O) groups excluding carboxylic acids is 1. The molecule has 0 amide bonds. The Morgan fingerprint density at radius 2 is 1.40 bits per heavy atom. The molecule has 0 radical (unpaired) electrons. The van der Waals surface area contributed by atoms with Crippen LogP contribution in [-0.2, 0) is 4.74 Å². The summed E-state index contributed by atoms with van der Waals surface area (Å²) in [6.07, 6.45) is 0. The second-order valence-electron chi connectivity index (χ2n) is 6.66. The molecular formula is C25H21NO4. The lowest BCUT2D eigenvalue weighted by Gasteiger charge is -2.16. The van der Waals surface area contributed by atoms with Gasteiger partial charge in [0.1, 0.15) is 0 Å². The first kappa shape index (κ1) is 19.5. The Morgan fingerprint density at radius 3 is 2.07 bits per heavy atom. The first-order valence-electron chi connectivity index (χ1n) is 9.46. The van der Waals surface area contributed by atoms with Gasteiger partial charge in [0.15, 0.2) is 17.2 Å². The van der Waals surface area contributed by atoms with E-state index in [9.17, 15) is 4.79 Å². The molecule has 0 bridgehead atoms. The van der Waals surface area contributed by atoms with Crippen LogP contribution in [0.2, 0.25) is 0 Å². The van der Waals surface area contributed by atoms with Crippen LogP contribution in [0.15, 0.2) is 72.8 Å². The van der Waals surface area contributed by atoms with Crippen LogP contribution in [0.5, 0.6) is 11.5 Å². The molecule has 3 aromatic carbocycles. The van der Waals surface area contributed by atoms with Crippen molar-refractivity contribution in [2.75, 3.05) is 21.3 Å². The standard InChI is InChI=1S/C25H21NO4/c1-28-20-14-13-17(15-21(20)29-2)23-19-12-8-7-11-18(19)22(16-9-5-4-6-10-16)24(26-23)25(27)30-3/h4-15H,1-3H3. The average Bonchev–Trinajstić information content (AvgIpc) is 2.82. The van der Waals surface area contributed by atoms with Gasteiger partial charge in [-0.15, -0.1) is 0 Å². The molecule has 4 rings (SSSR count). The average molecular weight is 399 g/mol. The smallest absolute Gasteiger partial charge is 0.357 e. The van der Waals surface area contributed by atoms with E-state index in [1.54, 1.807) is 14.2 Å². The number of pyridine rings is 1. The molecule has 4 aromatic rings. The molecule has 5 heteroatoms. The Hall–Kier alpha value is -3.86. The molecule has 30 heavy (non-hydrogen) atoms. The normalized spacial score (nSPS) is 10.6. The number of hydrogen-bond donors (Lipinski definition) is 0. The first-order valence-corrected chi connectivity index (χ1v) is 9.46. The van der Waals surface area contributed by atoms with Gasteiger partial charge in [-0.2, -0.15) is 0 Å². The van der Waals surface area contributed by atoms with Gasteiger partial charge in [-0.3, -0.25) is 0 Å². The fraction of sp³-hybridized carbons (Fsp3) is 0.120. The summed E-state index contributed by atoms with van der Waals surface area (Å²) in [5.74, 6) is 0.730. The lowest BCUT2D eigenvalue weighted by molar-refractivity contribution is 0.0595. The van der Waals surface area contributed by atoms with Crippen molar-refractivity contribution in [3.8, 4) is 33.9 Å². The zero-order valence-electron chi connectivity index (χ0n) is 17.0. The number of rotatable bonds is 5. The molecular weight excluding hydrogens is 378 g/mol. The summed E-state index contributed by atoms with van der Waals surface area (Å²) in [4.78, 5) is 17.5. The first-order chi connectivity index (χ1) is 14.7. The van der Waals surface area contributed by atoms with Gasteiger partial charge >= 0.3 is 5.97 Å². The predicted octanol–water partition coefficient (Wildman–Crippen LogP) is 5.37. The van der Waals surface area contributed by atoms with Crippen molar-refractivity contribution in [1.82, 2.24) is 4.98 Å². The Morgan fingerprint density at radius 1 is 0.733 bits per heavy atom. The second kappa shape index (κ2) is 8.25. The third kappa shape index (κ3) is 3.35. The van der Waals surface area contributed by atoms with Crippen molar-refractivity contribution in [2.24, 2.45) is 0 Å². The van der Waals surface area contributed by atoms with Gasteiger partial charge < -0.3 is 14.2 Å². The number of esters is 1. The number of nitrogens with zero attached hydrogens (tertiary/aromatic N) is 1. The molecule has 0 aliphatic carbocycles. The van der Waals surface area contributed by atoms with Crippen molar-refractivity contribution in [2.45, 2.75) is 0 Å². The van der Waals surface area contributed by atoms with Crippen LogP contribution in [0.25, 0.3) is 33.2 Å². The summed E-state index contributed by atoms with van der Waals surface area (Å²) in [6.45, 7) is 0. The predicted molar refractivity (Wildman–Crippen MR) is 117 cm³/mol. The summed E-state index contributed by atoms with van der Waals surface area (Å²) in [6, 6.07) is 23.2. The lowest BCUT2D eigenvalue weighted by atomic mass is 9.94. The number of benzene rings is 3. The molecule has 0 N–H and O–H groups in total. The third-order valence-corrected chi connectivity index (χ3v) is 5.01. The van der Waals surface area contributed by atoms with Crippen LogP contribution in [0.3, 0.4) is 0 Å². The van der Waals surface area contributed by atoms with E-state index in [-0.39, 0.29) is 5.69 Å². The highest BCUT2D eigenvalue weighted by molar-refractivity contribution is 6.10. The molecule has 5 nitrogen and oxygen atoms in total. The third-order valence-electron chi connectivity index (χ3n) is 5.01. The summed E-state index contributed by atoms with van der Waals surface area (Å²) >= 11 is 0. The number of hydrogen-bond acceptors (Lipinski definition) is 5. The minimum absolute atomic E-state index is 0.271. The summed E-state index contributed by atoms with van der Waals surface area (Å²) in [5.41, 5.74) is 3.41. The van der Waals surface area contributed by atoms with E-state index in [1.807, 2.05) is 72.8 Å². The van der Waals surface area contributed by atoms with Gasteiger partial charge in [0.05, 0.1) is 27.0 Å².